The van der Waals surface area contributed by atoms with E-state index in [4.69, 9.17) is 11.6 Å². The molecule has 0 saturated carbocycles. The summed E-state index contributed by atoms with van der Waals surface area (Å²) in [5.41, 5.74) is 2.53. The zero-order valence-corrected chi connectivity index (χ0v) is 14.1. The lowest BCUT2D eigenvalue weighted by atomic mass is 9.99. The number of piperidine rings is 1. The first kappa shape index (κ1) is 15.6. The Morgan fingerprint density at radius 2 is 1.79 bits per heavy atom. The molecule has 2 unspecified atom stereocenters. The Labute approximate surface area is 146 Å². The normalized spacial score (nSPS) is 25.5. The van der Waals surface area contributed by atoms with E-state index in [1.165, 1.54) is 12.8 Å². The molecule has 1 aromatic carbocycles. The molecule has 5 heteroatoms. The van der Waals surface area contributed by atoms with Crippen LogP contribution in [0.3, 0.4) is 0 Å². The maximum absolute atomic E-state index is 12.6. The third kappa shape index (κ3) is 3.30. The average molecular weight is 342 g/mol. The van der Waals surface area contributed by atoms with Gasteiger partial charge in [0, 0.05) is 41.1 Å². The third-order valence-corrected chi connectivity index (χ3v) is 5.24. The quantitative estimate of drug-likeness (QED) is 0.899. The summed E-state index contributed by atoms with van der Waals surface area (Å²) in [5, 5.41) is 7.47. The molecule has 2 aliphatic heterocycles. The molecule has 1 aromatic heterocycles. The Kier molecular flexibility index (Phi) is 4.25. The van der Waals surface area contributed by atoms with Gasteiger partial charge in [0.15, 0.2) is 0 Å². The lowest BCUT2D eigenvalue weighted by Gasteiger charge is -2.29. The Bertz CT molecular complexity index is 735. The van der Waals surface area contributed by atoms with Gasteiger partial charge in [0.1, 0.15) is 0 Å². The molecule has 2 atom stereocenters. The van der Waals surface area contributed by atoms with Crippen molar-refractivity contribution in [3.05, 3.63) is 53.3 Å². The van der Waals surface area contributed by atoms with Crippen LogP contribution < -0.4 is 10.6 Å². The van der Waals surface area contributed by atoms with Gasteiger partial charge in [0.25, 0.3) is 5.91 Å². The summed E-state index contributed by atoms with van der Waals surface area (Å²) in [6.07, 6.45) is 7.89. The second kappa shape index (κ2) is 6.54. The van der Waals surface area contributed by atoms with Crippen LogP contribution in [-0.4, -0.2) is 29.0 Å². The molecular weight excluding hydrogens is 322 g/mol. The molecule has 0 aliphatic carbocycles. The number of fused-ring (bicyclic) bond motifs is 2. The summed E-state index contributed by atoms with van der Waals surface area (Å²) in [5.74, 6) is -0.0374. The molecule has 0 spiro atoms. The number of aromatic nitrogens is 1. The summed E-state index contributed by atoms with van der Waals surface area (Å²) in [4.78, 5) is 16.8. The number of pyridine rings is 1. The highest BCUT2D eigenvalue weighted by Crippen LogP contribution is 2.27. The Balaban J connectivity index is 1.48. The third-order valence-electron chi connectivity index (χ3n) is 4.99. The van der Waals surface area contributed by atoms with Crippen molar-refractivity contribution in [1.29, 1.82) is 0 Å². The van der Waals surface area contributed by atoms with Gasteiger partial charge in [-0.05, 0) is 49.4 Å². The Morgan fingerprint density at radius 1 is 1.08 bits per heavy atom. The predicted molar refractivity (Wildman–Crippen MR) is 95.1 cm³/mol. The number of nitrogens with one attached hydrogen (secondary N) is 2. The number of nitrogens with zero attached hydrogens (tertiary/aromatic N) is 1. The summed E-state index contributed by atoms with van der Waals surface area (Å²) < 4.78 is 0. The Morgan fingerprint density at radius 3 is 2.50 bits per heavy atom. The first-order valence-corrected chi connectivity index (χ1v) is 8.83. The zero-order valence-electron chi connectivity index (χ0n) is 13.3. The molecule has 24 heavy (non-hydrogen) atoms. The first-order chi connectivity index (χ1) is 11.7. The summed E-state index contributed by atoms with van der Waals surface area (Å²) in [6.45, 7) is 0. The van der Waals surface area contributed by atoms with E-state index in [2.05, 4.69) is 15.6 Å². The van der Waals surface area contributed by atoms with E-state index >= 15 is 0 Å². The first-order valence-electron chi connectivity index (χ1n) is 8.45. The minimum atomic E-state index is -0.0374. The number of benzene rings is 1. The minimum Gasteiger partial charge on any atom is -0.349 e. The molecular formula is C19H20ClN3O. The van der Waals surface area contributed by atoms with E-state index in [1.807, 2.05) is 30.3 Å². The lowest BCUT2D eigenvalue weighted by Crippen LogP contribution is -2.48. The molecule has 0 radical (unpaired) electrons. The van der Waals surface area contributed by atoms with Crippen molar-refractivity contribution >= 4 is 17.5 Å². The fraction of sp³-hybridized carbons (Fsp3) is 0.368. The van der Waals surface area contributed by atoms with Crippen LogP contribution in [0, 0.1) is 0 Å². The molecule has 2 aromatic rings. The summed E-state index contributed by atoms with van der Waals surface area (Å²) in [7, 11) is 0. The van der Waals surface area contributed by atoms with Crippen LogP contribution in [0.1, 0.15) is 36.0 Å². The average Bonchev–Trinajstić information content (AvgIpc) is 2.94. The van der Waals surface area contributed by atoms with Crippen LogP contribution in [0.2, 0.25) is 5.02 Å². The minimum absolute atomic E-state index is 0.0374. The van der Waals surface area contributed by atoms with Crippen molar-refractivity contribution in [1.82, 2.24) is 15.6 Å². The topological polar surface area (TPSA) is 54.0 Å². The highest BCUT2D eigenvalue weighted by atomic mass is 35.5. The molecule has 2 aliphatic rings. The van der Waals surface area contributed by atoms with Gasteiger partial charge in [-0.2, -0.15) is 0 Å². The number of amides is 1. The van der Waals surface area contributed by atoms with Crippen molar-refractivity contribution in [3.8, 4) is 11.1 Å². The molecule has 4 nitrogen and oxygen atoms in total. The van der Waals surface area contributed by atoms with Gasteiger partial charge in [-0.1, -0.05) is 23.7 Å². The molecule has 124 valence electrons. The monoisotopic (exact) mass is 341 g/mol. The number of carbonyl (C=O) groups is 1. The van der Waals surface area contributed by atoms with Crippen molar-refractivity contribution in [2.75, 3.05) is 0 Å². The number of halogens is 1. The second-order valence-corrected chi connectivity index (χ2v) is 7.19. The molecule has 2 bridgehead atoms. The van der Waals surface area contributed by atoms with E-state index in [1.54, 1.807) is 12.4 Å². The number of rotatable bonds is 3. The van der Waals surface area contributed by atoms with E-state index in [0.717, 1.165) is 24.0 Å². The molecule has 4 rings (SSSR count). The molecule has 1 amide bonds. The van der Waals surface area contributed by atoms with Gasteiger partial charge < -0.3 is 10.6 Å². The summed E-state index contributed by atoms with van der Waals surface area (Å²) >= 11 is 5.93. The van der Waals surface area contributed by atoms with Gasteiger partial charge in [-0.3, -0.25) is 9.78 Å². The van der Waals surface area contributed by atoms with E-state index in [0.29, 0.717) is 22.7 Å². The van der Waals surface area contributed by atoms with Crippen LogP contribution in [0.25, 0.3) is 11.1 Å². The SMILES string of the molecule is O=C(NC1CC2CCC(C1)N2)c1cncc(-c2ccc(Cl)cc2)c1. The molecule has 2 saturated heterocycles. The second-order valence-electron chi connectivity index (χ2n) is 6.75. The van der Waals surface area contributed by atoms with Crippen LogP contribution in [0.5, 0.6) is 0 Å². The maximum Gasteiger partial charge on any atom is 0.253 e. The van der Waals surface area contributed by atoms with Crippen molar-refractivity contribution in [2.24, 2.45) is 0 Å². The highest BCUT2D eigenvalue weighted by molar-refractivity contribution is 6.30. The van der Waals surface area contributed by atoms with Gasteiger partial charge in [0.2, 0.25) is 0 Å². The molecule has 2 fully saturated rings. The summed E-state index contributed by atoms with van der Waals surface area (Å²) in [6, 6.07) is 10.8. The van der Waals surface area contributed by atoms with Gasteiger partial charge in [0.05, 0.1) is 5.56 Å². The molecule has 2 N–H and O–H groups in total. The van der Waals surface area contributed by atoms with Crippen LogP contribution in [0.4, 0.5) is 0 Å². The van der Waals surface area contributed by atoms with Crippen molar-refractivity contribution in [2.45, 2.75) is 43.8 Å². The fourth-order valence-electron chi connectivity index (χ4n) is 3.81. The zero-order chi connectivity index (χ0) is 16.5. The lowest BCUT2D eigenvalue weighted by molar-refractivity contribution is 0.0923. The largest absolute Gasteiger partial charge is 0.349 e. The van der Waals surface area contributed by atoms with Crippen molar-refractivity contribution in [3.63, 3.8) is 0 Å². The van der Waals surface area contributed by atoms with E-state index < -0.39 is 0 Å². The Hall–Kier alpha value is -1.91. The van der Waals surface area contributed by atoms with Gasteiger partial charge in [-0.25, -0.2) is 0 Å². The fourth-order valence-corrected chi connectivity index (χ4v) is 3.93. The maximum atomic E-state index is 12.6. The van der Waals surface area contributed by atoms with Gasteiger partial charge in [-0.15, -0.1) is 0 Å². The standard InChI is InChI=1S/C19H20ClN3O/c20-15-3-1-12(2-4-15)13-7-14(11-21-10-13)19(24)23-18-8-16-5-6-17(9-18)22-16/h1-4,7,10-11,16-18,22H,5-6,8-9H2,(H,23,24). The van der Waals surface area contributed by atoms with E-state index in [9.17, 15) is 4.79 Å². The highest BCUT2D eigenvalue weighted by Gasteiger charge is 2.34. The molecule has 3 heterocycles. The van der Waals surface area contributed by atoms with Gasteiger partial charge >= 0.3 is 0 Å². The smallest absolute Gasteiger partial charge is 0.253 e. The van der Waals surface area contributed by atoms with E-state index in [-0.39, 0.29) is 11.9 Å². The van der Waals surface area contributed by atoms with Crippen LogP contribution in [-0.2, 0) is 0 Å². The van der Waals surface area contributed by atoms with Crippen LogP contribution >= 0.6 is 11.6 Å². The predicted octanol–water partition coefficient (Wildman–Crippen LogP) is 3.41. The van der Waals surface area contributed by atoms with Crippen molar-refractivity contribution < 1.29 is 4.79 Å². The number of carbonyl (C=O) groups excluding carboxylic acids is 1. The number of hydrogen-bond acceptors (Lipinski definition) is 3. The number of hydrogen-bond donors (Lipinski definition) is 2. The van der Waals surface area contributed by atoms with Crippen LogP contribution in [0.15, 0.2) is 42.7 Å².